The monoisotopic (exact) mass is 352 g/mol. The van der Waals surface area contributed by atoms with E-state index in [1.54, 1.807) is 17.1 Å². The van der Waals surface area contributed by atoms with Crippen LogP contribution in [0.25, 0.3) is 22.0 Å². The van der Waals surface area contributed by atoms with E-state index >= 15 is 0 Å². The number of benzene rings is 1. The van der Waals surface area contributed by atoms with Gasteiger partial charge in [-0.1, -0.05) is 5.16 Å². The lowest BCUT2D eigenvalue weighted by atomic mass is 9.91. The lowest BCUT2D eigenvalue weighted by molar-refractivity contribution is 0.416. The van der Waals surface area contributed by atoms with E-state index in [1.165, 1.54) is 12.1 Å². The first-order chi connectivity index (χ1) is 12.7. The number of aryl methyl sites for hydroxylation is 1. The van der Waals surface area contributed by atoms with E-state index in [1.807, 2.05) is 13.2 Å². The molecule has 0 unspecified atom stereocenters. The Labute approximate surface area is 148 Å². The summed E-state index contributed by atoms with van der Waals surface area (Å²) >= 11 is 0. The molecule has 4 heterocycles. The minimum absolute atomic E-state index is 0.296. The van der Waals surface area contributed by atoms with Crippen LogP contribution in [0.4, 0.5) is 10.2 Å². The van der Waals surface area contributed by atoms with E-state index in [9.17, 15) is 4.39 Å². The topological polar surface area (TPSA) is 72.9 Å². The maximum absolute atomic E-state index is 13.3. The molecule has 1 aliphatic heterocycles. The number of rotatable bonds is 2. The average Bonchev–Trinajstić information content (AvgIpc) is 3.25. The van der Waals surface area contributed by atoms with Gasteiger partial charge >= 0.3 is 0 Å². The Hall–Kier alpha value is -3.03. The van der Waals surface area contributed by atoms with Gasteiger partial charge in [0.25, 0.3) is 0 Å². The first kappa shape index (κ1) is 15.2. The van der Waals surface area contributed by atoms with Crippen LogP contribution in [0.2, 0.25) is 0 Å². The van der Waals surface area contributed by atoms with E-state index in [4.69, 9.17) is 4.52 Å². The fraction of sp³-hybridized carbons (Fsp3) is 0.333. The Balaban J connectivity index is 1.40. The number of fused-ring (bicyclic) bond motifs is 2. The van der Waals surface area contributed by atoms with Gasteiger partial charge in [-0.25, -0.2) is 14.4 Å². The first-order valence-electron chi connectivity index (χ1n) is 8.63. The SMILES string of the molecule is Cn1ncc2c(N3CCC(c4noc5cc(F)ccc45)CC3)ncnc21. The van der Waals surface area contributed by atoms with Crippen molar-refractivity contribution in [2.75, 3.05) is 18.0 Å². The minimum Gasteiger partial charge on any atom is -0.356 e. The van der Waals surface area contributed by atoms with Crippen LogP contribution in [0.3, 0.4) is 0 Å². The second-order valence-corrected chi connectivity index (χ2v) is 6.67. The van der Waals surface area contributed by atoms with Crippen LogP contribution < -0.4 is 4.90 Å². The summed E-state index contributed by atoms with van der Waals surface area (Å²) in [6.45, 7) is 1.72. The summed E-state index contributed by atoms with van der Waals surface area (Å²) in [5.41, 5.74) is 2.27. The standard InChI is InChI=1S/C18H17FN6O/c1-24-17-14(9-22-24)18(21-10-20-17)25-6-4-11(5-7-25)16-13-3-2-12(19)8-15(13)26-23-16/h2-3,8-11H,4-7H2,1H3. The number of piperidine rings is 1. The van der Waals surface area contributed by atoms with Gasteiger partial charge in [0.2, 0.25) is 0 Å². The van der Waals surface area contributed by atoms with Crippen LogP contribution in [0.1, 0.15) is 24.5 Å². The highest BCUT2D eigenvalue weighted by Gasteiger charge is 2.27. The van der Waals surface area contributed by atoms with Crippen molar-refractivity contribution in [1.29, 1.82) is 0 Å². The summed E-state index contributed by atoms with van der Waals surface area (Å²) in [4.78, 5) is 11.0. The highest BCUT2D eigenvalue weighted by Crippen LogP contribution is 2.34. The number of hydrogen-bond donors (Lipinski definition) is 0. The van der Waals surface area contributed by atoms with Crippen LogP contribution in [-0.4, -0.2) is 38.0 Å². The van der Waals surface area contributed by atoms with Crippen molar-refractivity contribution in [1.82, 2.24) is 24.9 Å². The zero-order chi connectivity index (χ0) is 17.7. The molecule has 132 valence electrons. The third-order valence-electron chi connectivity index (χ3n) is 5.15. The lowest BCUT2D eigenvalue weighted by Gasteiger charge is -2.32. The van der Waals surface area contributed by atoms with Crippen LogP contribution >= 0.6 is 0 Å². The van der Waals surface area contributed by atoms with Gasteiger partial charge in [0.05, 0.1) is 17.3 Å². The molecule has 1 saturated heterocycles. The number of hydrogen-bond acceptors (Lipinski definition) is 6. The smallest absolute Gasteiger partial charge is 0.170 e. The van der Waals surface area contributed by atoms with Crippen LogP contribution in [-0.2, 0) is 7.05 Å². The summed E-state index contributed by atoms with van der Waals surface area (Å²) in [6, 6.07) is 4.60. The van der Waals surface area contributed by atoms with Crippen LogP contribution in [0.15, 0.2) is 35.2 Å². The third kappa shape index (κ3) is 2.33. The van der Waals surface area contributed by atoms with Gasteiger partial charge in [-0.2, -0.15) is 5.10 Å². The summed E-state index contributed by atoms with van der Waals surface area (Å²) < 4.78 is 20.4. The molecule has 3 aromatic heterocycles. The third-order valence-corrected chi connectivity index (χ3v) is 5.15. The highest BCUT2D eigenvalue weighted by atomic mass is 19.1. The van der Waals surface area contributed by atoms with Crippen molar-refractivity contribution in [3.8, 4) is 0 Å². The molecule has 5 rings (SSSR count). The van der Waals surface area contributed by atoms with Gasteiger partial charge in [-0.15, -0.1) is 0 Å². The molecular formula is C18H17FN6O. The minimum atomic E-state index is -0.306. The maximum atomic E-state index is 13.3. The van der Waals surface area contributed by atoms with Crippen molar-refractivity contribution in [3.05, 3.63) is 42.2 Å². The van der Waals surface area contributed by atoms with E-state index in [0.717, 1.165) is 53.9 Å². The predicted molar refractivity (Wildman–Crippen MR) is 94.5 cm³/mol. The quantitative estimate of drug-likeness (QED) is 0.552. The lowest BCUT2D eigenvalue weighted by Crippen LogP contribution is -2.33. The Kier molecular flexibility index (Phi) is 3.37. The fourth-order valence-corrected chi connectivity index (χ4v) is 3.79. The van der Waals surface area contributed by atoms with Crippen LogP contribution in [0, 0.1) is 5.82 Å². The van der Waals surface area contributed by atoms with Gasteiger partial charge in [-0.3, -0.25) is 4.68 Å². The van der Waals surface area contributed by atoms with Crippen molar-refractivity contribution in [2.24, 2.45) is 7.05 Å². The van der Waals surface area contributed by atoms with Crippen molar-refractivity contribution in [3.63, 3.8) is 0 Å². The first-order valence-corrected chi connectivity index (χ1v) is 8.63. The largest absolute Gasteiger partial charge is 0.356 e. The zero-order valence-electron chi connectivity index (χ0n) is 14.3. The van der Waals surface area contributed by atoms with E-state index in [2.05, 4.69) is 25.1 Å². The molecule has 0 saturated carbocycles. The van der Waals surface area contributed by atoms with E-state index in [-0.39, 0.29) is 5.82 Å². The van der Waals surface area contributed by atoms with Gasteiger partial charge in [0, 0.05) is 37.5 Å². The fourth-order valence-electron chi connectivity index (χ4n) is 3.79. The van der Waals surface area contributed by atoms with Gasteiger partial charge in [0.1, 0.15) is 18.0 Å². The highest BCUT2D eigenvalue weighted by molar-refractivity contribution is 5.86. The van der Waals surface area contributed by atoms with E-state index < -0.39 is 0 Å². The molecular weight excluding hydrogens is 335 g/mol. The number of nitrogens with zero attached hydrogens (tertiary/aromatic N) is 6. The Morgan fingerprint density at radius 3 is 2.85 bits per heavy atom. The molecule has 8 heteroatoms. The molecule has 1 aromatic carbocycles. The van der Waals surface area contributed by atoms with Crippen molar-refractivity contribution < 1.29 is 8.91 Å². The molecule has 7 nitrogen and oxygen atoms in total. The summed E-state index contributed by atoms with van der Waals surface area (Å²) in [5, 5.41) is 10.4. The molecule has 26 heavy (non-hydrogen) atoms. The Bertz CT molecular complexity index is 1100. The zero-order valence-corrected chi connectivity index (χ0v) is 14.3. The molecule has 0 N–H and O–H groups in total. The second kappa shape index (κ2) is 5.76. The number of anilines is 1. The molecule has 0 bridgehead atoms. The van der Waals surface area contributed by atoms with Gasteiger partial charge in [-0.05, 0) is 25.0 Å². The molecule has 0 atom stereocenters. The molecule has 0 spiro atoms. The molecule has 4 aromatic rings. The Morgan fingerprint density at radius 1 is 1.15 bits per heavy atom. The Morgan fingerprint density at radius 2 is 2.00 bits per heavy atom. The predicted octanol–water partition coefficient (Wildman–Crippen LogP) is 3.03. The van der Waals surface area contributed by atoms with Crippen molar-refractivity contribution >= 4 is 27.8 Å². The average molecular weight is 352 g/mol. The summed E-state index contributed by atoms with van der Waals surface area (Å²) in [6.07, 6.45) is 5.27. The maximum Gasteiger partial charge on any atom is 0.170 e. The van der Waals surface area contributed by atoms with Gasteiger partial charge < -0.3 is 9.42 Å². The van der Waals surface area contributed by atoms with Crippen molar-refractivity contribution in [2.45, 2.75) is 18.8 Å². The molecule has 1 fully saturated rings. The molecule has 1 aliphatic rings. The number of aromatic nitrogens is 5. The summed E-state index contributed by atoms with van der Waals surface area (Å²) in [5.74, 6) is 0.914. The summed E-state index contributed by atoms with van der Waals surface area (Å²) in [7, 11) is 1.88. The molecule has 0 radical (unpaired) electrons. The number of halogens is 1. The second-order valence-electron chi connectivity index (χ2n) is 6.67. The van der Waals surface area contributed by atoms with Gasteiger partial charge in [0.15, 0.2) is 11.2 Å². The molecule has 0 aliphatic carbocycles. The normalized spacial score (nSPS) is 16.0. The van der Waals surface area contributed by atoms with E-state index in [0.29, 0.717) is 11.5 Å². The van der Waals surface area contributed by atoms with Crippen LogP contribution in [0.5, 0.6) is 0 Å². The molecule has 0 amide bonds.